The first kappa shape index (κ1) is 9.21. The molecule has 1 aromatic rings. The van der Waals surface area contributed by atoms with E-state index in [1.165, 1.54) is 18.2 Å². The molecule has 0 amide bonds. The van der Waals surface area contributed by atoms with Crippen molar-refractivity contribution in [3.63, 3.8) is 0 Å². The Bertz CT molecular complexity index is 244. The van der Waals surface area contributed by atoms with Crippen molar-refractivity contribution in [3.05, 3.63) is 18.2 Å². The maximum Gasteiger partial charge on any atom is 0.508 e. The van der Waals surface area contributed by atoms with Crippen LogP contribution >= 0.6 is 0 Å². The highest BCUT2D eigenvalue weighted by atomic mass is 16.4. The van der Waals surface area contributed by atoms with Crippen molar-refractivity contribution >= 4 is 25.4 Å². The smallest absolute Gasteiger partial charge is 0.422 e. The van der Waals surface area contributed by atoms with Crippen LogP contribution in [0.15, 0.2) is 18.2 Å². The number of nitrogens with zero attached hydrogens (tertiary/aromatic N) is 1. The minimum Gasteiger partial charge on any atom is -0.422 e. The molecular formula is C5H7B2NO4. The molecule has 0 bridgehead atoms. The van der Waals surface area contributed by atoms with E-state index in [0.29, 0.717) is 0 Å². The predicted molar refractivity (Wildman–Crippen MR) is 43.9 cm³/mol. The summed E-state index contributed by atoms with van der Waals surface area (Å²) in [6.45, 7) is 0. The van der Waals surface area contributed by atoms with Crippen molar-refractivity contribution in [2.45, 2.75) is 0 Å². The average Bonchev–Trinajstić information content (AvgIpc) is 2.04. The van der Waals surface area contributed by atoms with Crippen molar-refractivity contribution in [2.75, 3.05) is 0 Å². The molecule has 0 saturated carbocycles. The highest BCUT2D eigenvalue weighted by Gasteiger charge is 2.17. The Morgan fingerprint density at radius 1 is 0.917 bits per heavy atom. The normalized spacial score (nSPS) is 9.67. The van der Waals surface area contributed by atoms with E-state index in [0.717, 1.165) is 0 Å². The van der Waals surface area contributed by atoms with E-state index in [2.05, 4.69) is 4.98 Å². The highest BCUT2D eigenvalue weighted by molar-refractivity contribution is 6.60. The monoisotopic (exact) mass is 167 g/mol. The van der Waals surface area contributed by atoms with Crippen LogP contribution in [0.1, 0.15) is 0 Å². The van der Waals surface area contributed by atoms with Gasteiger partial charge in [0.05, 0.1) is 11.2 Å². The Kier molecular flexibility index (Phi) is 2.83. The van der Waals surface area contributed by atoms with Gasteiger partial charge in [0.15, 0.2) is 0 Å². The van der Waals surface area contributed by atoms with Crippen molar-refractivity contribution < 1.29 is 20.1 Å². The summed E-state index contributed by atoms with van der Waals surface area (Å²) in [7, 11) is -3.38. The van der Waals surface area contributed by atoms with Gasteiger partial charge in [0.1, 0.15) is 0 Å². The predicted octanol–water partition coefficient (Wildman–Crippen LogP) is -3.56. The second-order valence-electron chi connectivity index (χ2n) is 2.23. The summed E-state index contributed by atoms with van der Waals surface area (Å²) < 4.78 is 0. The molecule has 0 radical (unpaired) electrons. The molecule has 1 aromatic heterocycles. The van der Waals surface area contributed by atoms with E-state index < -0.39 is 14.2 Å². The molecule has 0 aliphatic rings. The van der Waals surface area contributed by atoms with E-state index >= 15 is 0 Å². The van der Waals surface area contributed by atoms with Gasteiger partial charge >= 0.3 is 14.2 Å². The second-order valence-corrected chi connectivity index (χ2v) is 2.23. The second kappa shape index (κ2) is 3.68. The quantitative estimate of drug-likeness (QED) is 0.342. The standard InChI is InChI=1S/C5H7B2NO4/c9-6(10)4-2-1-3-5(8-4)7(11)12/h1-3,9-12H. The van der Waals surface area contributed by atoms with Crippen LogP contribution in [0.25, 0.3) is 0 Å². The van der Waals surface area contributed by atoms with E-state index in [1.54, 1.807) is 0 Å². The molecule has 0 spiro atoms. The first-order valence-corrected chi connectivity index (χ1v) is 3.30. The average molecular weight is 167 g/mol. The number of pyridine rings is 1. The molecule has 4 N–H and O–H groups in total. The lowest BCUT2D eigenvalue weighted by molar-refractivity contribution is 0.422. The zero-order valence-electron chi connectivity index (χ0n) is 6.12. The van der Waals surface area contributed by atoms with Gasteiger partial charge in [-0.2, -0.15) is 0 Å². The minimum atomic E-state index is -1.69. The third-order valence-corrected chi connectivity index (χ3v) is 1.32. The topological polar surface area (TPSA) is 93.8 Å². The highest BCUT2D eigenvalue weighted by Crippen LogP contribution is 1.78. The Hall–Kier alpha value is -0.880. The van der Waals surface area contributed by atoms with E-state index in [9.17, 15) is 0 Å². The summed E-state index contributed by atoms with van der Waals surface area (Å²) >= 11 is 0. The summed E-state index contributed by atoms with van der Waals surface area (Å²) in [6, 6.07) is 4.20. The van der Waals surface area contributed by atoms with Gasteiger partial charge in [0.25, 0.3) is 0 Å². The van der Waals surface area contributed by atoms with Gasteiger partial charge in [0, 0.05) is 0 Å². The van der Waals surface area contributed by atoms with Gasteiger partial charge in [-0.05, 0) is 12.1 Å². The van der Waals surface area contributed by atoms with Crippen molar-refractivity contribution in [1.29, 1.82) is 0 Å². The van der Waals surface area contributed by atoms with Crippen LogP contribution < -0.4 is 11.2 Å². The molecule has 62 valence electrons. The van der Waals surface area contributed by atoms with Crippen LogP contribution in [0, 0.1) is 0 Å². The summed E-state index contributed by atoms with van der Waals surface area (Å²) in [5.74, 6) is 0. The lowest BCUT2D eigenvalue weighted by Crippen LogP contribution is -2.42. The van der Waals surface area contributed by atoms with Gasteiger partial charge < -0.3 is 20.1 Å². The molecule has 1 rings (SSSR count). The zero-order chi connectivity index (χ0) is 9.14. The third-order valence-electron chi connectivity index (χ3n) is 1.32. The van der Waals surface area contributed by atoms with E-state index in [1.807, 2.05) is 0 Å². The largest absolute Gasteiger partial charge is 0.508 e. The molecule has 12 heavy (non-hydrogen) atoms. The van der Waals surface area contributed by atoms with Crippen LogP contribution in [0.5, 0.6) is 0 Å². The maximum atomic E-state index is 8.66. The zero-order valence-corrected chi connectivity index (χ0v) is 6.12. The molecule has 0 saturated heterocycles. The molecule has 0 fully saturated rings. The maximum absolute atomic E-state index is 8.66. The third kappa shape index (κ3) is 2.05. The van der Waals surface area contributed by atoms with Crippen LogP contribution in [-0.4, -0.2) is 39.3 Å². The molecule has 1 heterocycles. The van der Waals surface area contributed by atoms with Crippen molar-refractivity contribution in [1.82, 2.24) is 4.98 Å². The lowest BCUT2D eigenvalue weighted by atomic mass is 9.81. The SMILES string of the molecule is OB(O)c1cccc(B(O)O)n1. The molecule has 0 aromatic carbocycles. The number of aromatic nitrogens is 1. The lowest BCUT2D eigenvalue weighted by Gasteiger charge is -2.01. The first-order valence-electron chi connectivity index (χ1n) is 3.30. The molecule has 0 aliphatic heterocycles. The molecule has 0 unspecified atom stereocenters. The molecule has 5 nitrogen and oxygen atoms in total. The van der Waals surface area contributed by atoms with Crippen molar-refractivity contribution in [3.8, 4) is 0 Å². The Morgan fingerprint density at radius 3 is 1.67 bits per heavy atom. The number of hydrogen-bond donors (Lipinski definition) is 4. The van der Waals surface area contributed by atoms with Crippen LogP contribution in [0.4, 0.5) is 0 Å². The number of rotatable bonds is 2. The summed E-state index contributed by atoms with van der Waals surface area (Å²) in [5, 5.41) is 34.6. The van der Waals surface area contributed by atoms with E-state index in [4.69, 9.17) is 20.1 Å². The van der Waals surface area contributed by atoms with E-state index in [-0.39, 0.29) is 11.2 Å². The summed E-state index contributed by atoms with van der Waals surface area (Å²) in [6.07, 6.45) is 0. The Morgan fingerprint density at radius 2 is 1.33 bits per heavy atom. The first-order chi connectivity index (χ1) is 5.61. The minimum absolute atomic E-state index is 0.0133. The van der Waals surface area contributed by atoms with Crippen LogP contribution in [0.2, 0.25) is 0 Å². The number of hydrogen-bond acceptors (Lipinski definition) is 5. The fourth-order valence-corrected chi connectivity index (χ4v) is 0.756. The fraction of sp³-hybridized carbons (Fsp3) is 0. The Labute approximate surface area is 69.6 Å². The summed E-state index contributed by atoms with van der Waals surface area (Å²) in [4.78, 5) is 3.57. The van der Waals surface area contributed by atoms with Gasteiger partial charge in [0.2, 0.25) is 0 Å². The van der Waals surface area contributed by atoms with Gasteiger partial charge in [-0.25, -0.2) is 0 Å². The van der Waals surface area contributed by atoms with Gasteiger partial charge in [-0.3, -0.25) is 4.98 Å². The molecule has 7 heteroatoms. The van der Waals surface area contributed by atoms with Crippen molar-refractivity contribution in [2.24, 2.45) is 0 Å². The molecule has 0 aliphatic carbocycles. The van der Waals surface area contributed by atoms with Gasteiger partial charge in [-0.15, -0.1) is 0 Å². The fourth-order valence-electron chi connectivity index (χ4n) is 0.756. The van der Waals surface area contributed by atoms with Crippen LogP contribution in [0.3, 0.4) is 0 Å². The molecule has 0 atom stereocenters. The van der Waals surface area contributed by atoms with Gasteiger partial charge in [-0.1, -0.05) is 6.07 Å². The molecular weight excluding hydrogens is 160 g/mol. The van der Waals surface area contributed by atoms with Crippen LogP contribution in [-0.2, 0) is 0 Å². The summed E-state index contributed by atoms with van der Waals surface area (Å²) in [5.41, 5.74) is -0.0267. The Balaban J connectivity index is 2.96.